The Morgan fingerprint density at radius 2 is 1.95 bits per heavy atom. The van der Waals surface area contributed by atoms with Gasteiger partial charge in [-0.05, 0) is 33.6 Å². The number of amides is 1. The number of ether oxygens (including phenoxy) is 1. The highest BCUT2D eigenvalue weighted by Gasteiger charge is 2.26. The van der Waals surface area contributed by atoms with E-state index in [0.29, 0.717) is 31.5 Å². The summed E-state index contributed by atoms with van der Waals surface area (Å²) in [6.07, 6.45) is 3.76. The standard InChI is InChI=1S/C15H23FN4O2/c1-15(2,3)22-14(21)20-6-4-12(5-7-20)17-10-13-18-8-11(16)9-19-13/h8-9,12,17H,4-7,10H2,1-3H3. The molecule has 0 radical (unpaired) electrons. The second-order valence-corrected chi connectivity index (χ2v) is 6.44. The molecule has 6 nitrogen and oxygen atoms in total. The quantitative estimate of drug-likeness (QED) is 0.926. The third kappa shape index (κ3) is 5.22. The van der Waals surface area contributed by atoms with Gasteiger partial charge in [0.2, 0.25) is 0 Å². The number of rotatable bonds is 3. The normalized spacial score (nSPS) is 16.6. The Balaban J connectivity index is 1.73. The van der Waals surface area contributed by atoms with Crippen LogP contribution in [0.5, 0.6) is 0 Å². The Labute approximate surface area is 130 Å². The van der Waals surface area contributed by atoms with E-state index in [1.54, 1.807) is 4.90 Å². The lowest BCUT2D eigenvalue weighted by molar-refractivity contribution is 0.0198. The molecule has 0 unspecified atom stereocenters. The van der Waals surface area contributed by atoms with E-state index in [1.165, 1.54) is 0 Å². The minimum Gasteiger partial charge on any atom is -0.444 e. The number of likely N-dealkylation sites (tertiary alicyclic amines) is 1. The number of hydrogen-bond donors (Lipinski definition) is 1. The number of carbonyl (C=O) groups is 1. The molecule has 1 aromatic heterocycles. The molecule has 0 saturated carbocycles. The van der Waals surface area contributed by atoms with Crippen LogP contribution in [-0.2, 0) is 11.3 Å². The molecule has 7 heteroatoms. The van der Waals surface area contributed by atoms with E-state index in [2.05, 4.69) is 15.3 Å². The number of aromatic nitrogens is 2. The van der Waals surface area contributed by atoms with Crippen molar-refractivity contribution in [1.29, 1.82) is 0 Å². The SMILES string of the molecule is CC(C)(C)OC(=O)N1CCC(NCc2ncc(F)cn2)CC1. The summed E-state index contributed by atoms with van der Waals surface area (Å²) in [4.78, 5) is 21.5. The molecule has 1 aliphatic rings. The van der Waals surface area contributed by atoms with Crippen LogP contribution in [0.3, 0.4) is 0 Å². The van der Waals surface area contributed by atoms with Gasteiger partial charge in [-0.1, -0.05) is 0 Å². The van der Waals surface area contributed by atoms with Gasteiger partial charge in [0, 0.05) is 19.1 Å². The van der Waals surface area contributed by atoms with Crippen LogP contribution in [0.4, 0.5) is 9.18 Å². The van der Waals surface area contributed by atoms with Crippen molar-refractivity contribution in [2.24, 2.45) is 0 Å². The number of nitrogens with one attached hydrogen (secondary N) is 1. The fourth-order valence-electron chi connectivity index (χ4n) is 2.26. The van der Waals surface area contributed by atoms with Crippen LogP contribution in [0.15, 0.2) is 12.4 Å². The van der Waals surface area contributed by atoms with Crippen LogP contribution in [-0.4, -0.2) is 45.7 Å². The molecule has 1 aliphatic heterocycles. The maximum absolute atomic E-state index is 12.7. The molecule has 0 aromatic carbocycles. The van der Waals surface area contributed by atoms with Gasteiger partial charge in [-0.3, -0.25) is 0 Å². The van der Waals surface area contributed by atoms with Crippen LogP contribution in [0.25, 0.3) is 0 Å². The minimum absolute atomic E-state index is 0.257. The fourth-order valence-corrected chi connectivity index (χ4v) is 2.26. The van der Waals surface area contributed by atoms with Crippen LogP contribution in [0, 0.1) is 5.82 Å². The van der Waals surface area contributed by atoms with Crippen molar-refractivity contribution in [1.82, 2.24) is 20.2 Å². The first-order chi connectivity index (χ1) is 10.3. The highest BCUT2D eigenvalue weighted by atomic mass is 19.1. The summed E-state index contributed by atoms with van der Waals surface area (Å²) in [5.74, 6) is 0.130. The van der Waals surface area contributed by atoms with Crippen LogP contribution < -0.4 is 5.32 Å². The van der Waals surface area contributed by atoms with E-state index in [1.807, 2.05) is 20.8 Å². The zero-order chi connectivity index (χ0) is 16.2. The van der Waals surface area contributed by atoms with E-state index in [9.17, 15) is 9.18 Å². The molecule has 0 spiro atoms. The van der Waals surface area contributed by atoms with E-state index in [4.69, 9.17) is 4.74 Å². The number of carbonyl (C=O) groups excluding carboxylic acids is 1. The molecule has 22 heavy (non-hydrogen) atoms. The molecule has 1 N–H and O–H groups in total. The molecule has 1 aromatic rings. The van der Waals surface area contributed by atoms with Crippen molar-refractivity contribution in [3.05, 3.63) is 24.0 Å². The van der Waals surface area contributed by atoms with Crippen molar-refractivity contribution in [3.8, 4) is 0 Å². The van der Waals surface area contributed by atoms with Gasteiger partial charge in [0.25, 0.3) is 0 Å². The number of halogens is 1. The molecule has 1 amide bonds. The summed E-state index contributed by atoms with van der Waals surface area (Å²) >= 11 is 0. The molecule has 1 fully saturated rings. The Bertz CT molecular complexity index is 493. The summed E-state index contributed by atoms with van der Waals surface area (Å²) in [6, 6.07) is 0.298. The molecule has 2 rings (SSSR count). The summed E-state index contributed by atoms with van der Waals surface area (Å²) in [5.41, 5.74) is -0.466. The zero-order valence-electron chi connectivity index (χ0n) is 13.3. The van der Waals surface area contributed by atoms with E-state index in [0.717, 1.165) is 25.2 Å². The van der Waals surface area contributed by atoms with Gasteiger partial charge in [0.1, 0.15) is 11.4 Å². The van der Waals surface area contributed by atoms with Gasteiger partial charge >= 0.3 is 6.09 Å². The molecule has 0 atom stereocenters. The lowest BCUT2D eigenvalue weighted by Gasteiger charge is -2.33. The summed E-state index contributed by atoms with van der Waals surface area (Å²) in [6.45, 7) is 7.41. The first kappa shape index (κ1) is 16.6. The maximum atomic E-state index is 12.7. The van der Waals surface area contributed by atoms with Crippen molar-refractivity contribution >= 4 is 6.09 Å². The third-order valence-electron chi connectivity index (χ3n) is 3.37. The summed E-state index contributed by atoms with van der Waals surface area (Å²) in [5, 5.41) is 3.34. The Hall–Kier alpha value is -1.76. The fraction of sp³-hybridized carbons (Fsp3) is 0.667. The minimum atomic E-state index is -0.466. The predicted octanol–water partition coefficient (Wildman–Crippen LogP) is 2.10. The van der Waals surface area contributed by atoms with Gasteiger partial charge in [-0.2, -0.15) is 0 Å². The first-order valence-electron chi connectivity index (χ1n) is 7.51. The number of piperidine rings is 1. The lowest BCUT2D eigenvalue weighted by Crippen LogP contribution is -2.46. The maximum Gasteiger partial charge on any atom is 0.410 e. The second kappa shape index (κ2) is 7.00. The van der Waals surface area contributed by atoms with Crippen molar-refractivity contribution in [3.63, 3.8) is 0 Å². The average molecular weight is 310 g/mol. The number of nitrogens with zero attached hydrogens (tertiary/aromatic N) is 3. The number of hydrogen-bond acceptors (Lipinski definition) is 5. The largest absolute Gasteiger partial charge is 0.444 e. The van der Waals surface area contributed by atoms with Gasteiger partial charge in [-0.25, -0.2) is 19.2 Å². The molecule has 0 bridgehead atoms. The highest BCUT2D eigenvalue weighted by molar-refractivity contribution is 5.68. The highest BCUT2D eigenvalue weighted by Crippen LogP contribution is 2.15. The van der Waals surface area contributed by atoms with Gasteiger partial charge in [-0.15, -0.1) is 0 Å². The molecular formula is C15H23FN4O2. The van der Waals surface area contributed by atoms with Crippen LogP contribution >= 0.6 is 0 Å². The summed E-state index contributed by atoms with van der Waals surface area (Å²) in [7, 11) is 0. The van der Waals surface area contributed by atoms with Crippen molar-refractivity contribution in [2.45, 2.75) is 51.8 Å². The first-order valence-corrected chi connectivity index (χ1v) is 7.51. The monoisotopic (exact) mass is 310 g/mol. The summed E-state index contributed by atoms with van der Waals surface area (Å²) < 4.78 is 18.1. The van der Waals surface area contributed by atoms with Crippen LogP contribution in [0.2, 0.25) is 0 Å². The van der Waals surface area contributed by atoms with E-state index < -0.39 is 11.4 Å². The van der Waals surface area contributed by atoms with E-state index in [-0.39, 0.29) is 6.09 Å². The molecule has 122 valence electrons. The van der Waals surface area contributed by atoms with Gasteiger partial charge in [0.15, 0.2) is 5.82 Å². The Morgan fingerprint density at radius 1 is 1.36 bits per heavy atom. The molecule has 0 aliphatic carbocycles. The smallest absolute Gasteiger partial charge is 0.410 e. The van der Waals surface area contributed by atoms with E-state index >= 15 is 0 Å². The topological polar surface area (TPSA) is 67.3 Å². The van der Waals surface area contributed by atoms with Crippen molar-refractivity contribution < 1.29 is 13.9 Å². The Kier molecular flexibility index (Phi) is 5.28. The zero-order valence-corrected chi connectivity index (χ0v) is 13.3. The molecule has 2 heterocycles. The van der Waals surface area contributed by atoms with Crippen molar-refractivity contribution in [2.75, 3.05) is 13.1 Å². The van der Waals surface area contributed by atoms with Crippen LogP contribution in [0.1, 0.15) is 39.4 Å². The molecule has 1 saturated heterocycles. The second-order valence-electron chi connectivity index (χ2n) is 6.44. The predicted molar refractivity (Wildman–Crippen MR) is 79.7 cm³/mol. The Morgan fingerprint density at radius 3 is 2.50 bits per heavy atom. The van der Waals surface area contributed by atoms with Gasteiger partial charge in [0.05, 0.1) is 18.9 Å². The van der Waals surface area contributed by atoms with Gasteiger partial charge < -0.3 is 15.0 Å². The third-order valence-corrected chi connectivity index (χ3v) is 3.37. The molecular weight excluding hydrogens is 287 g/mol. The lowest BCUT2D eigenvalue weighted by atomic mass is 10.1. The average Bonchev–Trinajstić information content (AvgIpc) is 2.45.